The second kappa shape index (κ2) is 8.05. The molecule has 146 valence electrons. The SMILES string of the molecule is COc1ccc(-c2ccc3c(N4CCOCC4)nc(CN)nc3n2)cc1CO. The van der Waals surface area contributed by atoms with E-state index in [2.05, 4.69) is 14.9 Å². The molecular formula is C20H23N5O3. The van der Waals surface area contributed by atoms with Gasteiger partial charge in [-0.15, -0.1) is 0 Å². The lowest BCUT2D eigenvalue weighted by Crippen LogP contribution is -2.37. The van der Waals surface area contributed by atoms with Crippen LogP contribution in [0.25, 0.3) is 22.3 Å². The Hall–Kier alpha value is -2.81. The standard InChI is InChI=1S/C20H23N5O3/c1-27-17-5-2-13(10-14(17)12-26)16-4-3-15-19(22-16)23-18(11-21)24-20(15)25-6-8-28-9-7-25/h2-5,10,26H,6-9,11-12,21H2,1H3. The largest absolute Gasteiger partial charge is 0.496 e. The Morgan fingerprint density at radius 1 is 1.14 bits per heavy atom. The fraction of sp³-hybridized carbons (Fsp3) is 0.350. The van der Waals surface area contributed by atoms with Crippen LogP contribution in [0.4, 0.5) is 5.82 Å². The first-order valence-electron chi connectivity index (χ1n) is 9.22. The van der Waals surface area contributed by atoms with E-state index in [1.165, 1.54) is 0 Å². The lowest BCUT2D eigenvalue weighted by molar-refractivity contribution is 0.122. The van der Waals surface area contributed by atoms with E-state index in [-0.39, 0.29) is 13.2 Å². The molecule has 1 aliphatic heterocycles. The molecule has 0 aliphatic carbocycles. The van der Waals surface area contributed by atoms with Gasteiger partial charge in [-0.2, -0.15) is 0 Å². The number of fused-ring (bicyclic) bond motifs is 1. The summed E-state index contributed by atoms with van der Waals surface area (Å²) in [6, 6.07) is 9.56. The summed E-state index contributed by atoms with van der Waals surface area (Å²) >= 11 is 0. The lowest BCUT2D eigenvalue weighted by Gasteiger charge is -2.28. The van der Waals surface area contributed by atoms with Gasteiger partial charge in [0.2, 0.25) is 0 Å². The van der Waals surface area contributed by atoms with Gasteiger partial charge < -0.3 is 25.2 Å². The van der Waals surface area contributed by atoms with Crippen molar-refractivity contribution >= 4 is 16.9 Å². The maximum Gasteiger partial charge on any atom is 0.165 e. The highest BCUT2D eigenvalue weighted by atomic mass is 16.5. The first kappa shape index (κ1) is 18.5. The second-order valence-electron chi connectivity index (χ2n) is 6.52. The zero-order valence-electron chi connectivity index (χ0n) is 15.8. The molecule has 1 fully saturated rings. The van der Waals surface area contributed by atoms with Crippen molar-refractivity contribution in [2.45, 2.75) is 13.2 Å². The van der Waals surface area contributed by atoms with E-state index in [0.717, 1.165) is 35.6 Å². The maximum absolute atomic E-state index is 9.59. The van der Waals surface area contributed by atoms with Gasteiger partial charge >= 0.3 is 0 Å². The van der Waals surface area contributed by atoms with Gasteiger partial charge in [0.1, 0.15) is 17.4 Å². The van der Waals surface area contributed by atoms with Crippen LogP contribution in [0.1, 0.15) is 11.4 Å². The van der Waals surface area contributed by atoms with Gasteiger partial charge in [0.15, 0.2) is 5.65 Å². The van der Waals surface area contributed by atoms with Crippen molar-refractivity contribution in [2.24, 2.45) is 5.73 Å². The summed E-state index contributed by atoms with van der Waals surface area (Å²) < 4.78 is 10.7. The van der Waals surface area contributed by atoms with E-state index in [1.54, 1.807) is 7.11 Å². The lowest BCUT2D eigenvalue weighted by atomic mass is 10.1. The molecule has 8 nitrogen and oxygen atoms in total. The topological polar surface area (TPSA) is 107 Å². The van der Waals surface area contributed by atoms with Crippen LogP contribution >= 0.6 is 0 Å². The van der Waals surface area contributed by atoms with Crippen molar-refractivity contribution in [3.63, 3.8) is 0 Å². The molecule has 3 N–H and O–H groups in total. The number of morpholine rings is 1. The number of ether oxygens (including phenoxy) is 2. The molecular weight excluding hydrogens is 358 g/mol. The highest BCUT2D eigenvalue weighted by molar-refractivity contribution is 5.88. The smallest absolute Gasteiger partial charge is 0.165 e. The Morgan fingerprint density at radius 3 is 2.68 bits per heavy atom. The fourth-order valence-electron chi connectivity index (χ4n) is 3.37. The normalized spacial score (nSPS) is 14.5. The Kier molecular flexibility index (Phi) is 5.34. The summed E-state index contributed by atoms with van der Waals surface area (Å²) in [5, 5.41) is 10.5. The number of hydrogen-bond donors (Lipinski definition) is 2. The van der Waals surface area contributed by atoms with Crippen molar-refractivity contribution in [3.8, 4) is 17.0 Å². The van der Waals surface area contributed by atoms with Crippen LogP contribution in [0.5, 0.6) is 5.75 Å². The Labute approximate surface area is 162 Å². The molecule has 2 aromatic heterocycles. The number of hydrogen-bond acceptors (Lipinski definition) is 8. The highest BCUT2D eigenvalue weighted by Crippen LogP contribution is 2.29. The van der Waals surface area contributed by atoms with Crippen molar-refractivity contribution in [1.82, 2.24) is 15.0 Å². The van der Waals surface area contributed by atoms with Gasteiger partial charge in [0.05, 0.1) is 44.6 Å². The van der Waals surface area contributed by atoms with Gasteiger partial charge in [-0.05, 0) is 30.3 Å². The monoisotopic (exact) mass is 381 g/mol. The summed E-state index contributed by atoms with van der Waals surface area (Å²) in [5.74, 6) is 2.05. The Morgan fingerprint density at radius 2 is 1.96 bits per heavy atom. The van der Waals surface area contributed by atoms with Crippen LogP contribution < -0.4 is 15.4 Å². The number of anilines is 1. The van der Waals surface area contributed by atoms with Crippen molar-refractivity contribution in [1.29, 1.82) is 0 Å². The minimum absolute atomic E-state index is 0.106. The first-order valence-corrected chi connectivity index (χ1v) is 9.22. The summed E-state index contributed by atoms with van der Waals surface area (Å²) in [6.07, 6.45) is 0. The van der Waals surface area contributed by atoms with E-state index in [0.29, 0.717) is 36.0 Å². The number of nitrogens with zero attached hydrogens (tertiary/aromatic N) is 4. The molecule has 0 spiro atoms. The third-order valence-corrected chi connectivity index (χ3v) is 4.83. The quantitative estimate of drug-likeness (QED) is 0.685. The number of rotatable bonds is 5. The molecule has 0 unspecified atom stereocenters. The van der Waals surface area contributed by atoms with Gasteiger partial charge in [-0.25, -0.2) is 15.0 Å². The fourth-order valence-corrected chi connectivity index (χ4v) is 3.37. The molecule has 4 rings (SSSR count). The second-order valence-corrected chi connectivity index (χ2v) is 6.52. The maximum atomic E-state index is 9.59. The van der Waals surface area contributed by atoms with Crippen LogP contribution in [-0.2, 0) is 17.9 Å². The van der Waals surface area contributed by atoms with Crippen LogP contribution in [0.15, 0.2) is 30.3 Å². The number of aliphatic hydroxyl groups excluding tert-OH is 1. The Balaban J connectivity index is 1.80. The molecule has 0 saturated carbocycles. The molecule has 0 bridgehead atoms. The predicted molar refractivity (Wildman–Crippen MR) is 106 cm³/mol. The molecule has 8 heteroatoms. The molecule has 1 saturated heterocycles. The minimum Gasteiger partial charge on any atom is -0.496 e. The third kappa shape index (κ3) is 3.49. The van der Waals surface area contributed by atoms with E-state index in [4.69, 9.17) is 20.2 Å². The zero-order valence-corrected chi connectivity index (χ0v) is 15.8. The van der Waals surface area contributed by atoms with E-state index in [9.17, 15) is 5.11 Å². The van der Waals surface area contributed by atoms with Crippen LogP contribution in [0, 0.1) is 0 Å². The average Bonchev–Trinajstić information content (AvgIpc) is 2.77. The molecule has 3 aromatic rings. The van der Waals surface area contributed by atoms with Crippen LogP contribution in [-0.4, -0.2) is 53.5 Å². The number of aliphatic hydroxyl groups is 1. The number of methoxy groups -OCH3 is 1. The van der Waals surface area contributed by atoms with Crippen LogP contribution in [0.3, 0.4) is 0 Å². The molecule has 1 aliphatic rings. The Bertz CT molecular complexity index is 989. The number of aromatic nitrogens is 3. The molecule has 1 aromatic carbocycles. The van der Waals surface area contributed by atoms with Crippen molar-refractivity contribution < 1.29 is 14.6 Å². The van der Waals surface area contributed by atoms with Gasteiger partial charge in [-0.3, -0.25) is 0 Å². The van der Waals surface area contributed by atoms with Gasteiger partial charge in [0, 0.05) is 24.2 Å². The van der Waals surface area contributed by atoms with Gasteiger partial charge in [0.25, 0.3) is 0 Å². The molecule has 28 heavy (non-hydrogen) atoms. The predicted octanol–water partition coefficient (Wildman–Crippen LogP) is 1.49. The average molecular weight is 381 g/mol. The summed E-state index contributed by atoms with van der Waals surface area (Å²) in [5.41, 5.74) is 8.78. The number of nitrogens with two attached hydrogens (primary N) is 1. The van der Waals surface area contributed by atoms with E-state index in [1.807, 2.05) is 30.3 Å². The van der Waals surface area contributed by atoms with Crippen molar-refractivity contribution in [2.75, 3.05) is 38.3 Å². The zero-order chi connectivity index (χ0) is 19.5. The summed E-state index contributed by atoms with van der Waals surface area (Å²) in [4.78, 5) is 16.1. The minimum atomic E-state index is -0.106. The number of pyridine rings is 1. The van der Waals surface area contributed by atoms with Gasteiger partial charge in [-0.1, -0.05) is 0 Å². The third-order valence-electron chi connectivity index (χ3n) is 4.83. The van der Waals surface area contributed by atoms with Crippen molar-refractivity contribution in [3.05, 3.63) is 41.7 Å². The molecule has 0 radical (unpaired) electrons. The summed E-state index contributed by atoms with van der Waals surface area (Å²) in [6.45, 7) is 3.03. The molecule has 0 atom stereocenters. The molecule has 3 heterocycles. The summed E-state index contributed by atoms with van der Waals surface area (Å²) in [7, 11) is 1.58. The first-order chi connectivity index (χ1) is 13.7. The van der Waals surface area contributed by atoms with Crippen LogP contribution in [0.2, 0.25) is 0 Å². The van der Waals surface area contributed by atoms with E-state index < -0.39 is 0 Å². The highest BCUT2D eigenvalue weighted by Gasteiger charge is 2.18. The molecule has 0 amide bonds. The number of benzene rings is 1. The van der Waals surface area contributed by atoms with E-state index >= 15 is 0 Å².